The van der Waals surface area contributed by atoms with E-state index < -0.39 is 0 Å². The first-order chi connectivity index (χ1) is 14.3. The number of benzene rings is 3. The van der Waals surface area contributed by atoms with Gasteiger partial charge in [0.1, 0.15) is 5.51 Å². The van der Waals surface area contributed by atoms with E-state index in [-0.39, 0.29) is 11.8 Å². The van der Waals surface area contributed by atoms with Crippen LogP contribution in [0.2, 0.25) is 0 Å². The summed E-state index contributed by atoms with van der Waals surface area (Å²) in [6.07, 6.45) is 0.384. The van der Waals surface area contributed by atoms with Crippen LogP contribution in [-0.2, 0) is 4.79 Å². The van der Waals surface area contributed by atoms with Gasteiger partial charge in [0.15, 0.2) is 4.34 Å². The number of hydrogen-bond donors (Lipinski definition) is 1. The normalized spacial score (nSPS) is 10.8. The lowest BCUT2D eigenvalue weighted by molar-refractivity contribution is -0.116. The molecule has 0 radical (unpaired) electrons. The fourth-order valence-electron chi connectivity index (χ4n) is 3.11. The Morgan fingerprint density at radius 1 is 0.897 bits per heavy atom. The van der Waals surface area contributed by atoms with Gasteiger partial charge < -0.3 is 5.32 Å². The number of carbonyl (C=O) groups excluding carboxylic acids is 1. The first-order valence-electron chi connectivity index (χ1n) is 9.22. The van der Waals surface area contributed by atoms with Crippen molar-refractivity contribution in [3.05, 3.63) is 102 Å². The summed E-state index contributed by atoms with van der Waals surface area (Å²) in [6.45, 7) is 0. The molecule has 29 heavy (non-hydrogen) atoms. The molecule has 0 unspecified atom stereocenters. The minimum Gasteiger partial charge on any atom is -0.326 e. The topological polar surface area (TPSA) is 54.9 Å². The highest BCUT2D eigenvalue weighted by Crippen LogP contribution is 2.30. The maximum absolute atomic E-state index is 12.8. The molecule has 0 saturated heterocycles. The molecule has 0 spiro atoms. The molecular weight excluding hydrogens is 398 g/mol. The summed E-state index contributed by atoms with van der Waals surface area (Å²) in [5.41, 5.74) is 4.78. The van der Waals surface area contributed by atoms with Crippen molar-refractivity contribution in [3.8, 4) is 0 Å². The molecule has 3 aromatic carbocycles. The lowest BCUT2D eigenvalue weighted by atomic mass is 9.88. The van der Waals surface area contributed by atoms with E-state index in [1.54, 1.807) is 17.3 Å². The van der Waals surface area contributed by atoms with Gasteiger partial charge in [-0.15, -0.1) is 10.2 Å². The van der Waals surface area contributed by atoms with Gasteiger partial charge >= 0.3 is 0 Å². The van der Waals surface area contributed by atoms with Crippen molar-refractivity contribution >= 4 is 34.7 Å². The van der Waals surface area contributed by atoms with Crippen LogP contribution >= 0.6 is 23.1 Å². The summed E-state index contributed by atoms with van der Waals surface area (Å²) in [4.78, 5) is 13.8. The van der Waals surface area contributed by atoms with Crippen molar-refractivity contribution in [1.82, 2.24) is 10.2 Å². The Hall–Kier alpha value is -2.96. The van der Waals surface area contributed by atoms with Crippen LogP contribution in [0.1, 0.15) is 23.5 Å². The number of aromatic nitrogens is 2. The van der Waals surface area contributed by atoms with E-state index in [0.717, 1.165) is 26.0 Å². The fourth-order valence-corrected chi connectivity index (χ4v) is 4.56. The second-order valence-electron chi connectivity index (χ2n) is 6.46. The molecule has 1 heterocycles. The zero-order valence-corrected chi connectivity index (χ0v) is 17.2. The average molecular weight is 418 g/mol. The third-order valence-electron chi connectivity index (χ3n) is 4.48. The van der Waals surface area contributed by atoms with Crippen molar-refractivity contribution in [2.45, 2.75) is 21.6 Å². The number of anilines is 1. The fraction of sp³-hybridized carbons (Fsp3) is 0.0870. The van der Waals surface area contributed by atoms with E-state index in [4.69, 9.17) is 0 Å². The minimum atomic E-state index is -0.00719. The van der Waals surface area contributed by atoms with E-state index >= 15 is 0 Å². The van der Waals surface area contributed by atoms with Crippen LogP contribution in [0.5, 0.6) is 0 Å². The minimum absolute atomic E-state index is 0.00719. The lowest BCUT2D eigenvalue weighted by Crippen LogP contribution is -2.16. The summed E-state index contributed by atoms with van der Waals surface area (Å²) in [7, 11) is 0. The van der Waals surface area contributed by atoms with Gasteiger partial charge in [0.2, 0.25) is 5.91 Å². The van der Waals surface area contributed by atoms with Gasteiger partial charge in [-0.3, -0.25) is 4.79 Å². The number of hydrogen-bond acceptors (Lipinski definition) is 5. The van der Waals surface area contributed by atoms with Gasteiger partial charge in [0, 0.05) is 22.9 Å². The van der Waals surface area contributed by atoms with Gasteiger partial charge in [0.05, 0.1) is 0 Å². The Labute approximate surface area is 178 Å². The van der Waals surface area contributed by atoms with Crippen molar-refractivity contribution in [1.29, 1.82) is 0 Å². The number of nitrogens with one attached hydrogen (secondary N) is 1. The molecule has 0 atom stereocenters. The lowest BCUT2D eigenvalue weighted by Gasteiger charge is -2.18. The molecular formula is C23H19N3OS2. The number of amides is 1. The zero-order valence-electron chi connectivity index (χ0n) is 15.6. The molecule has 0 aliphatic heterocycles. The van der Waals surface area contributed by atoms with E-state index in [0.29, 0.717) is 6.42 Å². The monoisotopic (exact) mass is 417 g/mol. The third-order valence-corrected chi connectivity index (χ3v) is 6.26. The quantitative estimate of drug-likeness (QED) is 0.410. The van der Waals surface area contributed by atoms with Crippen molar-refractivity contribution in [3.63, 3.8) is 0 Å². The van der Waals surface area contributed by atoms with Gasteiger partial charge in [-0.05, 0) is 35.4 Å². The van der Waals surface area contributed by atoms with E-state index in [1.165, 1.54) is 11.3 Å². The zero-order chi connectivity index (χ0) is 19.9. The largest absolute Gasteiger partial charge is 0.326 e. The van der Waals surface area contributed by atoms with Crippen molar-refractivity contribution in [2.24, 2.45) is 0 Å². The molecule has 0 aliphatic rings. The number of rotatable bonds is 7. The molecule has 0 bridgehead atoms. The highest BCUT2D eigenvalue weighted by Gasteiger charge is 2.18. The molecule has 4 aromatic rings. The molecule has 0 fully saturated rings. The third kappa shape index (κ3) is 5.31. The Morgan fingerprint density at radius 3 is 2.07 bits per heavy atom. The van der Waals surface area contributed by atoms with Crippen LogP contribution in [0.4, 0.5) is 5.69 Å². The van der Waals surface area contributed by atoms with Crippen molar-refractivity contribution in [2.75, 3.05) is 5.32 Å². The second kappa shape index (κ2) is 9.49. The first-order valence-corrected chi connectivity index (χ1v) is 10.9. The molecule has 0 aliphatic carbocycles. The van der Waals surface area contributed by atoms with Gasteiger partial charge in [0.25, 0.3) is 0 Å². The standard InChI is InChI=1S/C23H19N3OS2/c27-22(25-19-11-13-20(14-12-19)29-23-26-24-16-28-23)15-21(17-7-3-1-4-8-17)18-9-5-2-6-10-18/h1-14,16,21H,15H2,(H,25,27). The highest BCUT2D eigenvalue weighted by atomic mass is 32.2. The summed E-state index contributed by atoms with van der Waals surface area (Å²) in [6, 6.07) is 28.1. The van der Waals surface area contributed by atoms with Crippen LogP contribution < -0.4 is 5.32 Å². The van der Waals surface area contributed by atoms with Crippen LogP contribution in [0, 0.1) is 0 Å². The maximum atomic E-state index is 12.8. The number of carbonyl (C=O) groups is 1. The first kappa shape index (κ1) is 19.4. The smallest absolute Gasteiger partial charge is 0.225 e. The average Bonchev–Trinajstić information content (AvgIpc) is 3.28. The predicted octanol–water partition coefficient (Wildman–Crippen LogP) is 5.85. The molecule has 1 aromatic heterocycles. The summed E-state index contributed by atoms with van der Waals surface area (Å²) < 4.78 is 0.898. The second-order valence-corrected chi connectivity index (χ2v) is 8.61. The Morgan fingerprint density at radius 2 is 1.52 bits per heavy atom. The molecule has 0 saturated carbocycles. The number of nitrogens with zero attached hydrogens (tertiary/aromatic N) is 2. The molecule has 1 amide bonds. The summed E-state index contributed by atoms with van der Waals surface area (Å²) in [5, 5.41) is 10.9. The van der Waals surface area contributed by atoms with E-state index in [1.807, 2.05) is 60.7 Å². The molecule has 4 nitrogen and oxygen atoms in total. The van der Waals surface area contributed by atoms with Gasteiger partial charge in [-0.1, -0.05) is 83.8 Å². The Kier molecular flexibility index (Phi) is 6.34. The van der Waals surface area contributed by atoms with Crippen LogP contribution in [0.25, 0.3) is 0 Å². The summed E-state index contributed by atoms with van der Waals surface area (Å²) >= 11 is 3.07. The predicted molar refractivity (Wildman–Crippen MR) is 118 cm³/mol. The SMILES string of the molecule is O=C(CC(c1ccccc1)c1ccccc1)Nc1ccc(Sc2nncs2)cc1. The molecule has 6 heteroatoms. The highest BCUT2D eigenvalue weighted by molar-refractivity contribution is 8.01. The van der Waals surface area contributed by atoms with E-state index in [9.17, 15) is 4.79 Å². The van der Waals surface area contributed by atoms with Crippen LogP contribution in [0.15, 0.2) is 99.7 Å². The van der Waals surface area contributed by atoms with Crippen LogP contribution in [0.3, 0.4) is 0 Å². The molecule has 1 N–H and O–H groups in total. The Bertz CT molecular complexity index is 997. The van der Waals surface area contributed by atoms with E-state index in [2.05, 4.69) is 39.8 Å². The van der Waals surface area contributed by atoms with Gasteiger partial charge in [-0.2, -0.15) is 0 Å². The molecule has 144 valence electrons. The van der Waals surface area contributed by atoms with Crippen LogP contribution in [-0.4, -0.2) is 16.1 Å². The molecule has 4 rings (SSSR count). The maximum Gasteiger partial charge on any atom is 0.225 e. The van der Waals surface area contributed by atoms with Crippen molar-refractivity contribution < 1.29 is 4.79 Å². The van der Waals surface area contributed by atoms with Gasteiger partial charge in [-0.25, -0.2) is 0 Å². The summed E-state index contributed by atoms with van der Waals surface area (Å²) in [5.74, 6) is 0.0110. The Balaban J connectivity index is 1.44.